The number of hydrogen-bond acceptors (Lipinski definition) is 14. The Kier molecular flexibility index (Phi) is 169. The summed E-state index contributed by atoms with van der Waals surface area (Å²) >= 11 is 0. The molecule has 0 bridgehead atoms. The van der Waals surface area contributed by atoms with Gasteiger partial charge in [-0.2, -0.15) is 29.9 Å². The van der Waals surface area contributed by atoms with Crippen molar-refractivity contribution in [3.63, 3.8) is 0 Å². The predicted molar refractivity (Wildman–Crippen MR) is 643 cm³/mol. The maximum absolute atomic E-state index is 10.4. The number of nitrogens with zero attached hydrogens (tertiary/aromatic N) is 10. The van der Waals surface area contributed by atoms with Crippen LogP contribution in [0.1, 0.15) is 305 Å². The molecule has 18 rings (SSSR count). The molecule has 0 fully saturated rings. The lowest BCUT2D eigenvalue weighted by Crippen LogP contribution is -2.18. The minimum Gasteiger partial charge on any atom is -0.497 e. The van der Waals surface area contributed by atoms with E-state index in [2.05, 4.69) is 151 Å². The number of ether oxygens (including phenoxy) is 2. The van der Waals surface area contributed by atoms with Gasteiger partial charge in [-0.05, 0) is 113 Å². The molecule has 0 radical (unpaired) electrons. The van der Waals surface area contributed by atoms with Crippen molar-refractivity contribution in [2.75, 3.05) is 6.61 Å². The zero-order valence-corrected chi connectivity index (χ0v) is 98.0. The summed E-state index contributed by atoms with van der Waals surface area (Å²) < 4.78 is 34.7. The fourth-order valence-electron chi connectivity index (χ4n) is 8.42. The van der Waals surface area contributed by atoms with Crippen molar-refractivity contribution in [2.45, 2.75) is 305 Å². The number of H-pyrrole nitrogens is 1. The number of pyridine rings is 4. The number of allylic oxidation sites excluding steroid dienone is 7. The molecule has 0 atom stereocenters. The van der Waals surface area contributed by atoms with Crippen molar-refractivity contribution in [3.05, 3.63) is 406 Å². The monoisotopic (exact) mass is 1970 g/mol. The van der Waals surface area contributed by atoms with Crippen LogP contribution >= 0.6 is 0 Å². The van der Waals surface area contributed by atoms with Crippen molar-refractivity contribution in [1.29, 1.82) is 0 Å². The highest BCUT2D eigenvalue weighted by Gasteiger charge is 2.01. The Hall–Kier alpha value is -13.3. The molecular formula is C124H201N12O5S+. The summed E-state index contributed by atoms with van der Waals surface area (Å²) in [6.45, 7) is 92.3. The smallest absolute Gasteiger partial charge is 0.264 e. The Morgan fingerprint density at radius 1 is 0.310 bits per heavy atom. The highest BCUT2D eigenvalue weighted by molar-refractivity contribution is 7.92. The average Bonchev–Trinajstić information content (AvgIpc) is 0.893. The van der Waals surface area contributed by atoms with Crippen molar-refractivity contribution in [2.24, 2.45) is 0 Å². The number of sulfonamides is 1. The normalized spacial score (nSPS) is 9.11. The molecule has 792 valence electrons. The van der Waals surface area contributed by atoms with Gasteiger partial charge in [0.25, 0.3) is 15.6 Å². The van der Waals surface area contributed by atoms with Crippen LogP contribution in [0, 0.1) is 0 Å². The van der Waals surface area contributed by atoms with E-state index in [1.165, 1.54) is 57.0 Å². The number of hydrogen-bond donors (Lipinski definition) is 2. The van der Waals surface area contributed by atoms with Crippen molar-refractivity contribution >= 4 is 80.6 Å². The van der Waals surface area contributed by atoms with Gasteiger partial charge in [-0.15, -0.1) is 0 Å². The van der Waals surface area contributed by atoms with Crippen LogP contribution < -0.4 is 14.7 Å². The third-order valence-electron chi connectivity index (χ3n) is 13.1. The largest absolute Gasteiger partial charge is 0.497 e. The zero-order chi connectivity index (χ0) is 112. The minimum absolute atomic E-state index is 0.164. The van der Waals surface area contributed by atoms with Crippen LogP contribution in [0.15, 0.2) is 401 Å². The van der Waals surface area contributed by atoms with E-state index in [0.717, 1.165) is 50.1 Å². The van der Waals surface area contributed by atoms with Gasteiger partial charge in [0.2, 0.25) is 5.52 Å². The third-order valence-corrected chi connectivity index (χ3v) is 14.1. The molecule has 0 saturated carbocycles. The van der Waals surface area contributed by atoms with E-state index in [1.54, 1.807) is 55.7 Å². The highest BCUT2D eigenvalue weighted by Crippen LogP contribution is 2.14. The first-order valence-electron chi connectivity index (χ1n) is 52.6. The first-order chi connectivity index (χ1) is 70.3. The Morgan fingerprint density at radius 2 is 0.669 bits per heavy atom. The van der Waals surface area contributed by atoms with Crippen LogP contribution in [0.5, 0.6) is 0 Å². The molecule has 3 aliphatic rings. The van der Waals surface area contributed by atoms with Crippen molar-refractivity contribution in [1.82, 2.24) is 55.3 Å². The molecule has 142 heavy (non-hydrogen) atoms. The molecule has 3 aliphatic heterocycles. The molecule has 7 aromatic carbocycles. The number of nitrogens with one attached hydrogen (secondary N) is 2. The van der Waals surface area contributed by atoms with Crippen LogP contribution in [-0.4, -0.2) is 65.6 Å². The molecule has 0 unspecified atom stereocenters. The summed E-state index contributed by atoms with van der Waals surface area (Å²) in [7, 11) is -3.10. The van der Waals surface area contributed by atoms with E-state index < -0.39 is 10.0 Å². The molecular weight excluding hydrogens is 1770 g/mol. The molecule has 0 amide bonds. The quantitative estimate of drug-likeness (QED) is 0.135. The standard InChI is InChI=1S/C10H8.C9H8N.2C9H7N.3C8H6N2.C6H6O.C5H6O.C4H4N2O.C4H5NO2S.22C2H6/c1-2-6-10-8-4-3-7-9(10)5-1;1-3-7-10-8-4-2-6-9(10)5-1;1-2-6-9-8(4-1)5-3-7-10-9;1-2-4-9-7-10-6-5-8(9)3-1;1-2-4-8-7(3-1)5-9-6-10-8;1-2-4-8-6-10-9-5-7(8)3-1;1-2-4-8-7(3-1)5-6-9-10-8;1-6-4-2-3-5-7-6;1-2-4-6-5-3-1;7-4-2-1-3-5-6-4;6-8(7)4-2-1-3-5-8;22*1-2/h2*1-8H;2*1-7H;3*1-6H;2-5H,1H2;1-4H,5H2;1-3H,(H,6,7);1-5H;22*1-2H3/q;+1;;;;;;;;;;;;;;;;;;;;;;;;;;;;;;;. The lowest BCUT2D eigenvalue weighted by Gasteiger charge is -1.98. The van der Waals surface area contributed by atoms with E-state index in [4.69, 9.17) is 9.47 Å². The molecule has 2 N–H and O–H groups in total. The van der Waals surface area contributed by atoms with Crippen LogP contribution in [0.3, 0.4) is 0 Å². The molecule has 11 heterocycles. The van der Waals surface area contributed by atoms with E-state index in [-0.39, 0.29) is 5.56 Å². The Labute approximate surface area is 870 Å². The maximum Gasteiger partial charge on any atom is 0.264 e. The second-order valence-electron chi connectivity index (χ2n) is 20.1. The van der Waals surface area contributed by atoms with E-state index in [1.807, 2.05) is 518 Å². The van der Waals surface area contributed by atoms with Gasteiger partial charge in [-0.3, -0.25) is 19.5 Å². The number of benzene rings is 7. The first-order valence-corrected chi connectivity index (χ1v) is 54.1. The number of rotatable bonds is 0. The van der Waals surface area contributed by atoms with Gasteiger partial charge in [-0.1, -0.05) is 481 Å². The maximum atomic E-state index is 10.4. The zero-order valence-electron chi connectivity index (χ0n) is 97.2. The molecule has 15 aromatic rings. The lowest BCUT2D eigenvalue weighted by atomic mass is 10.1. The molecule has 8 aromatic heterocycles. The van der Waals surface area contributed by atoms with Gasteiger partial charge in [0.15, 0.2) is 12.4 Å². The summed E-state index contributed by atoms with van der Waals surface area (Å²) in [5.74, 6) is 0.697. The topological polar surface area (TPSA) is 218 Å². The second kappa shape index (κ2) is 148. The second-order valence-corrected chi connectivity index (χ2v) is 21.7. The van der Waals surface area contributed by atoms with E-state index in [9.17, 15) is 13.2 Å². The molecule has 0 aliphatic carbocycles. The van der Waals surface area contributed by atoms with E-state index in [0.29, 0.717) is 5.76 Å². The van der Waals surface area contributed by atoms with Gasteiger partial charge in [0, 0.05) is 94.4 Å². The summed E-state index contributed by atoms with van der Waals surface area (Å²) in [5, 5.41) is 32.8. The third kappa shape index (κ3) is 95.6. The van der Waals surface area contributed by atoms with Crippen molar-refractivity contribution < 1.29 is 22.3 Å². The number of fused-ring (bicyclic) bond motifs is 7. The van der Waals surface area contributed by atoms with E-state index >= 15 is 0 Å². The van der Waals surface area contributed by atoms with Crippen LogP contribution in [0.25, 0.3) is 70.5 Å². The molecule has 0 saturated heterocycles. The molecule has 18 heteroatoms. The number of aromatic amines is 1. The highest BCUT2D eigenvalue weighted by atomic mass is 32.2. The Bertz CT molecular complexity index is 4080. The Balaban J connectivity index is -0.0000000926. The van der Waals surface area contributed by atoms with Gasteiger partial charge in [0.05, 0.1) is 53.1 Å². The fraction of sp³-hybridized carbons (Fsp3) is 0.363. The summed E-state index contributed by atoms with van der Waals surface area (Å²) in [6, 6.07) is 80.1. The fourth-order valence-corrected chi connectivity index (χ4v) is 9.06. The van der Waals surface area contributed by atoms with Crippen molar-refractivity contribution in [3.8, 4) is 0 Å². The van der Waals surface area contributed by atoms with Crippen LogP contribution in [0.4, 0.5) is 0 Å². The summed E-state index contributed by atoms with van der Waals surface area (Å²) in [5.41, 5.74) is 4.07. The molecule has 17 nitrogen and oxygen atoms in total. The van der Waals surface area contributed by atoms with Crippen LogP contribution in [0.2, 0.25) is 0 Å². The number of para-hydroxylation sites is 2. The first kappa shape index (κ1) is 162. The van der Waals surface area contributed by atoms with Crippen LogP contribution in [-0.2, 0) is 19.5 Å². The van der Waals surface area contributed by atoms with Gasteiger partial charge >= 0.3 is 0 Å². The Morgan fingerprint density at radius 3 is 0.979 bits per heavy atom. The molecule has 0 spiro atoms. The minimum atomic E-state index is -3.10. The number of aromatic nitrogens is 11. The predicted octanol–water partition coefficient (Wildman–Crippen LogP) is 38.6. The van der Waals surface area contributed by atoms with Gasteiger partial charge in [-0.25, -0.2) is 23.5 Å². The summed E-state index contributed by atoms with van der Waals surface area (Å²) in [6.07, 6.45) is 38.7. The van der Waals surface area contributed by atoms with Gasteiger partial charge in [0.1, 0.15) is 18.7 Å². The summed E-state index contributed by atoms with van der Waals surface area (Å²) in [4.78, 5) is 26.3. The average molecular weight is 1970 g/mol. The van der Waals surface area contributed by atoms with Gasteiger partial charge < -0.3 is 9.47 Å². The lowest BCUT2D eigenvalue weighted by molar-refractivity contribution is -0.511. The SMILES string of the molecule is C1=CCOC=C1.C=C1C=CC=CO1.CC.CC.CC.CC.CC.CC.CC.CC.CC.CC.CC.CC.CC.CC.CC.CC.CC.CC.CC.CC.CC.CC.O=S1(=O)C=CC=CN1.O=c1cccn[nH]1.c1cc[n+]2ccccc2c1.c1ccc2ccccc2c1.c1ccc2cnccc2c1.c1ccc2cnncc2c1.c1ccc2ncccc2c1.c1ccc2ncncc2c1.c1ccc2nnccc2c1.